The number of hydrogen-bond donors (Lipinski definition) is 1. The number of benzene rings is 1. The highest BCUT2D eigenvalue weighted by atomic mass is 16.5. The molecule has 3 atom stereocenters. The molecule has 0 aliphatic carbocycles. The lowest BCUT2D eigenvalue weighted by atomic mass is 10.1. The van der Waals surface area contributed by atoms with Gasteiger partial charge in [0.15, 0.2) is 0 Å². The van der Waals surface area contributed by atoms with Gasteiger partial charge < -0.3 is 9.64 Å². The molecule has 4 nitrogen and oxygen atoms in total. The van der Waals surface area contributed by atoms with E-state index in [1.165, 1.54) is 0 Å². The van der Waals surface area contributed by atoms with Gasteiger partial charge in [0, 0.05) is 13.7 Å². The zero-order valence-electron chi connectivity index (χ0n) is 13.2. The zero-order valence-corrected chi connectivity index (χ0v) is 13.2. The van der Waals surface area contributed by atoms with Gasteiger partial charge in [0.2, 0.25) is 5.91 Å². The van der Waals surface area contributed by atoms with E-state index in [0.29, 0.717) is 12.5 Å². The number of rotatable bonds is 7. The third kappa shape index (κ3) is 3.83. The van der Waals surface area contributed by atoms with Crippen LogP contribution in [0.1, 0.15) is 38.4 Å². The summed E-state index contributed by atoms with van der Waals surface area (Å²) in [5.74, 6) is 0.543. The van der Waals surface area contributed by atoms with Crippen LogP contribution in [0.2, 0.25) is 0 Å². The molecule has 0 saturated carbocycles. The van der Waals surface area contributed by atoms with E-state index < -0.39 is 0 Å². The highest BCUT2D eigenvalue weighted by Crippen LogP contribution is 2.27. The van der Waals surface area contributed by atoms with Crippen LogP contribution < -0.4 is 5.32 Å². The fraction of sp³-hybridized carbons (Fsp3) is 0.588. The first-order chi connectivity index (χ1) is 10.2. The lowest BCUT2D eigenvalue weighted by molar-refractivity contribution is -0.131. The Balaban J connectivity index is 2.17. The van der Waals surface area contributed by atoms with Crippen LogP contribution in [0.25, 0.3) is 0 Å². The molecule has 0 radical (unpaired) electrons. The van der Waals surface area contributed by atoms with Gasteiger partial charge in [-0.1, -0.05) is 50.6 Å². The molecule has 1 aliphatic rings. The molecule has 1 aliphatic heterocycles. The van der Waals surface area contributed by atoms with Crippen molar-refractivity contribution in [3.05, 3.63) is 35.9 Å². The van der Waals surface area contributed by atoms with E-state index >= 15 is 0 Å². The third-order valence-electron chi connectivity index (χ3n) is 3.90. The van der Waals surface area contributed by atoms with Gasteiger partial charge in [-0.15, -0.1) is 0 Å². The summed E-state index contributed by atoms with van der Waals surface area (Å²) in [6.07, 6.45) is 1.87. The number of carbonyl (C=O) groups is 1. The number of nitrogens with zero attached hydrogens (tertiary/aromatic N) is 1. The molecule has 2 rings (SSSR count). The second kappa shape index (κ2) is 7.57. The summed E-state index contributed by atoms with van der Waals surface area (Å²) in [5, 5.41) is 3.49. The molecule has 1 heterocycles. The maximum absolute atomic E-state index is 12.6. The summed E-state index contributed by atoms with van der Waals surface area (Å²) in [6.45, 7) is 5.62. The maximum Gasteiger partial charge on any atom is 0.241 e. The van der Waals surface area contributed by atoms with E-state index in [-0.39, 0.29) is 18.1 Å². The molecule has 1 aromatic rings. The van der Waals surface area contributed by atoms with Crippen LogP contribution in [0.5, 0.6) is 0 Å². The normalized spacial score (nSPS) is 23.6. The molecule has 1 amide bonds. The van der Waals surface area contributed by atoms with Crippen LogP contribution >= 0.6 is 0 Å². The molecule has 0 aromatic heterocycles. The Bertz CT molecular complexity index is 449. The van der Waals surface area contributed by atoms with Crippen molar-refractivity contribution in [2.45, 2.75) is 38.9 Å². The molecular weight excluding hydrogens is 264 g/mol. The zero-order chi connectivity index (χ0) is 15.2. The van der Waals surface area contributed by atoms with Crippen molar-refractivity contribution in [2.75, 3.05) is 20.3 Å². The summed E-state index contributed by atoms with van der Waals surface area (Å²) in [6, 6.07) is 10.1. The molecule has 1 saturated heterocycles. The van der Waals surface area contributed by atoms with Crippen LogP contribution in [0.15, 0.2) is 30.3 Å². The van der Waals surface area contributed by atoms with Gasteiger partial charge in [-0.3, -0.25) is 10.1 Å². The molecule has 4 heteroatoms. The fourth-order valence-electron chi connectivity index (χ4n) is 2.95. The van der Waals surface area contributed by atoms with Crippen molar-refractivity contribution in [1.82, 2.24) is 10.2 Å². The van der Waals surface area contributed by atoms with E-state index in [9.17, 15) is 4.79 Å². The summed E-state index contributed by atoms with van der Waals surface area (Å²) >= 11 is 0. The molecule has 21 heavy (non-hydrogen) atoms. The Morgan fingerprint density at radius 1 is 1.33 bits per heavy atom. The Morgan fingerprint density at radius 3 is 2.67 bits per heavy atom. The van der Waals surface area contributed by atoms with Crippen LogP contribution in [0, 0.1) is 5.92 Å². The van der Waals surface area contributed by atoms with E-state index in [0.717, 1.165) is 24.9 Å². The second-order valence-electron chi connectivity index (χ2n) is 5.87. The average molecular weight is 290 g/mol. The standard InChI is InChI=1S/C17H26N2O2/c1-4-8-15-17(20)19(11-13(2)12-21-3)16(18-15)14-9-6-5-7-10-14/h5-7,9-10,13,15-16,18H,4,8,11-12H2,1-3H3. The first-order valence-electron chi connectivity index (χ1n) is 7.77. The quantitative estimate of drug-likeness (QED) is 0.839. The Morgan fingerprint density at radius 2 is 2.05 bits per heavy atom. The SMILES string of the molecule is CCCC1NC(c2ccccc2)N(CC(C)COC)C1=O. The van der Waals surface area contributed by atoms with E-state index in [2.05, 4.69) is 31.3 Å². The first kappa shape index (κ1) is 16.0. The highest BCUT2D eigenvalue weighted by molar-refractivity contribution is 5.84. The number of ether oxygens (including phenoxy) is 1. The Labute approximate surface area is 127 Å². The minimum absolute atomic E-state index is 0.0189. The third-order valence-corrected chi connectivity index (χ3v) is 3.90. The first-order valence-corrected chi connectivity index (χ1v) is 7.77. The lowest BCUT2D eigenvalue weighted by Crippen LogP contribution is -2.35. The predicted molar refractivity (Wildman–Crippen MR) is 83.8 cm³/mol. The van der Waals surface area contributed by atoms with Crippen LogP contribution in [0.4, 0.5) is 0 Å². The lowest BCUT2D eigenvalue weighted by Gasteiger charge is -2.27. The van der Waals surface area contributed by atoms with Gasteiger partial charge in [0.25, 0.3) is 0 Å². The van der Waals surface area contributed by atoms with Crippen molar-refractivity contribution in [3.8, 4) is 0 Å². The van der Waals surface area contributed by atoms with Crippen molar-refractivity contribution in [3.63, 3.8) is 0 Å². The average Bonchev–Trinajstić information content (AvgIpc) is 2.78. The van der Waals surface area contributed by atoms with Crippen LogP contribution in [-0.4, -0.2) is 37.1 Å². The highest BCUT2D eigenvalue weighted by Gasteiger charge is 2.39. The smallest absolute Gasteiger partial charge is 0.241 e. The summed E-state index contributed by atoms with van der Waals surface area (Å²) in [4.78, 5) is 14.6. The van der Waals surface area contributed by atoms with E-state index in [4.69, 9.17) is 4.74 Å². The summed E-state index contributed by atoms with van der Waals surface area (Å²) < 4.78 is 5.21. The monoisotopic (exact) mass is 290 g/mol. The maximum atomic E-state index is 12.6. The second-order valence-corrected chi connectivity index (χ2v) is 5.87. The van der Waals surface area contributed by atoms with Crippen molar-refractivity contribution in [2.24, 2.45) is 5.92 Å². The van der Waals surface area contributed by atoms with Gasteiger partial charge >= 0.3 is 0 Å². The summed E-state index contributed by atoms with van der Waals surface area (Å²) in [5.41, 5.74) is 1.15. The molecule has 1 fully saturated rings. The predicted octanol–water partition coefficient (Wildman–Crippen LogP) is 2.57. The van der Waals surface area contributed by atoms with Crippen LogP contribution in [0.3, 0.4) is 0 Å². The number of nitrogens with one attached hydrogen (secondary N) is 1. The van der Waals surface area contributed by atoms with Gasteiger partial charge in [-0.05, 0) is 17.9 Å². The number of methoxy groups -OCH3 is 1. The van der Waals surface area contributed by atoms with Gasteiger partial charge in [0.05, 0.1) is 12.6 Å². The van der Waals surface area contributed by atoms with Crippen molar-refractivity contribution >= 4 is 5.91 Å². The molecule has 0 spiro atoms. The Hall–Kier alpha value is -1.39. The molecule has 1 aromatic carbocycles. The molecule has 3 unspecified atom stereocenters. The number of amides is 1. The molecule has 116 valence electrons. The van der Waals surface area contributed by atoms with E-state index in [1.54, 1.807) is 7.11 Å². The van der Waals surface area contributed by atoms with Crippen LogP contribution in [-0.2, 0) is 9.53 Å². The number of carbonyl (C=O) groups excluding carboxylic acids is 1. The number of hydrogen-bond acceptors (Lipinski definition) is 3. The van der Waals surface area contributed by atoms with Crippen molar-refractivity contribution < 1.29 is 9.53 Å². The molecule has 1 N–H and O–H groups in total. The van der Waals surface area contributed by atoms with Crippen molar-refractivity contribution in [1.29, 1.82) is 0 Å². The Kier molecular flexibility index (Phi) is 5.76. The fourth-order valence-corrected chi connectivity index (χ4v) is 2.95. The largest absolute Gasteiger partial charge is 0.384 e. The van der Waals surface area contributed by atoms with E-state index in [1.807, 2.05) is 23.1 Å². The van der Waals surface area contributed by atoms with Gasteiger partial charge in [-0.25, -0.2) is 0 Å². The minimum Gasteiger partial charge on any atom is -0.384 e. The topological polar surface area (TPSA) is 41.6 Å². The minimum atomic E-state index is -0.0602. The summed E-state index contributed by atoms with van der Waals surface area (Å²) in [7, 11) is 1.70. The van der Waals surface area contributed by atoms with Gasteiger partial charge in [0.1, 0.15) is 6.17 Å². The molecule has 0 bridgehead atoms. The van der Waals surface area contributed by atoms with Gasteiger partial charge in [-0.2, -0.15) is 0 Å². The molecular formula is C17H26N2O2.